The van der Waals surface area contributed by atoms with Gasteiger partial charge in [-0.1, -0.05) is 115 Å². The van der Waals surface area contributed by atoms with E-state index in [0.717, 1.165) is 59.6 Å². The number of benzene rings is 4. The van der Waals surface area contributed by atoms with Crippen LogP contribution in [0.25, 0.3) is 62.9 Å². The number of rotatable bonds is 5. The van der Waals surface area contributed by atoms with Gasteiger partial charge in [-0.2, -0.15) is 0 Å². The molecule has 0 N–H and O–H groups in total. The highest BCUT2D eigenvalue weighted by atomic mass is 15.0. The fourth-order valence-corrected chi connectivity index (χ4v) is 6.44. The molecule has 4 aromatic carbocycles. The van der Waals surface area contributed by atoms with Crippen molar-refractivity contribution in [2.75, 3.05) is 0 Å². The second-order valence-corrected chi connectivity index (χ2v) is 11.3. The number of nitrogens with zero attached hydrogens (tertiary/aromatic N) is 3. The maximum absolute atomic E-state index is 4.99. The Morgan fingerprint density at radius 1 is 0.512 bits per heavy atom. The Labute approximate surface area is 252 Å². The van der Waals surface area contributed by atoms with Gasteiger partial charge in [0.25, 0.3) is 0 Å². The monoisotopic (exact) mass is 553 g/mol. The lowest BCUT2D eigenvalue weighted by Gasteiger charge is -2.15. The molecule has 0 fully saturated rings. The van der Waals surface area contributed by atoms with Gasteiger partial charge in [-0.05, 0) is 72.2 Å². The molecular formula is C40H31N3. The highest BCUT2D eigenvalue weighted by molar-refractivity contribution is 5.75. The summed E-state index contributed by atoms with van der Waals surface area (Å²) in [6.07, 6.45) is 13.7. The van der Waals surface area contributed by atoms with Gasteiger partial charge in [-0.25, -0.2) is 9.97 Å². The van der Waals surface area contributed by atoms with Gasteiger partial charge in [-0.3, -0.25) is 0 Å². The summed E-state index contributed by atoms with van der Waals surface area (Å²) in [7, 11) is 0. The van der Waals surface area contributed by atoms with E-state index in [-0.39, 0.29) is 0 Å². The molecule has 0 bridgehead atoms. The Balaban J connectivity index is 1.13. The summed E-state index contributed by atoms with van der Waals surface area (Å²) in [4.78, 5) is 9.91. The summed E-state index contributed by atoms with van der Waals surface area (Å²) in [5.41, 5.74) is 14.4. The number of fused-ring (bicyclic) bond motifs is 3. The summed E-state index contributed by atoms with van der Waals surface area (Å²) in [5, 5.41) is 0. The quantitative estimate of drug-likeness (QED) is 0.213. The molecule has 2 aliphatic rings. The maximum Gasteiger partial charge on any atom is 0.160 e. The molecule has 3 nitrogen and oxygen atoms in total. The molecular weight excluding hydrogens is 522 g/mol. The minimum absolute atomic E-state index is 0.733. The molecule has 0 saturated carbocycles. The van der Waals surface area contributed by atoms with E-state index < -0.39 is 0 Å². The molecule has 0 unspecified atom stereocenters. The normalized spacial score (nSPS) is 13.5. The van der Waals surface area contributed by atoms with E-state index >= 15 is 0 Å². The summed E-state index contributed by atoms with van der Waals surface area (Å²) in [6, 6.07) is 40.4. The zero-order valence-corrected chi connectivity index (χ0v) is 23.9. The third-order valence-electron chi connectivity index (χ3n) is 8.59. The molecule has 2 aliphatic carbocycles. The minimum atomic E-state index is 0.733. The van der Waals surface area contributed by atoms with Crippen molar-refractivity contribution in [2.45, 2.75) is 25.7 Å². The second kappa shape index (κ2) is 10.8. The first-order chi connectivity index (χ1) is 21.3. The summed E-state index contributed by atoms with van der Waals surface area (Å²) >= 11 is 0. The van der Waals surface area contributed by atoms with Crippen molar-refractivity contribution >= 4 is 12.2 Å². The van der Waals surface area contributed by atoms with Crippen molar-refractivity contribution in [3.63, 3.8) is 0 Å². The number of hydrogen-bond acceptors (Lipinski definition) is 2. The third kappa shape index (κ3) is 4.73. The van der Waals surface area contributed by atoms with Crippen LogP contribution in [-0.4, -0.2) is 14.5 Å². The average Bonchev–Trinajstić information content (AvgIpc) is 3.43. The molecule has 6 aromatic rings. The smallest absolute Gasteiger partial charge is 0.160 e. The molecule has 206 valence electrons. The first kappa shape index (κ1) is 25.4. The van der Waals surface area contributed by atoms with E-state index in [1.807, 2.05) is 36.4 Å². The largest absolute Gasteiger partial charge is 0.313 e. The van der Waals surface area contributed by atoms with Crippen LogP contribution < -0.4 is 0 Å². The van der Waals surface area contributed by atoms with Crippen LogP contribution >= 0.6 is 0 Å². The van der Waals surface area contributed by atoms with Crippen molar-refractivity contribution in [1.29, 1.82) is 0 Å². The zero-order valence-electron chi connectivity index (χ0n) is 23.9. The van der Waals surface area contributed by atoms with E-state index in [4.69, 9.17) is 9.97 Å². The Morgan fingerprint density at radius 2 is 1.07 bits per heavy atom. The van der Waals surface area contributed by atoms with E-state index in [1.165, 1.54) is 39.3 Å². The van der Waals surface area contributed by atoms with Crippen molar-refractivity contribution in [1.82, 2.24) is 14.5 Å². The van der Waals surface area contributed by atoms with Gasteiger partial charge in [0.05, 0.1) is 11.4 Å². The fourth-order valence-electron chi connectivity index (χ4n) is 6.44. The lowest BCUT2D eigenvalue weighted by Crippen LogP contribution is -2.04. The molecule has 43 heavy (non-hydrogen) atoms. The van der Waals surface area contributed by atoms with Crippen LogP contribution in [-0.2, 0) is 12.8 Å². The first-order valence-electron chi connectivity index (χ1n) is 15.1. The topological polar surface area (TPSA) is 30.7 Å². The molecule has 0 atom stereocenters. The van der Waals surface area contributed by atoms with Crippen LogP contribution in [0.2, 0.25) is 0 Å². The first-order valence-corrected chi connectivity index (χ1v) is 15.1. The SMILES string of the molecule is C1=Cc2c(c3c(n2-c2ccc(-c4ccc(-c5cc(-c6ccccc6)nc(-c6ccccc6)n5)cc4)cc2)CCC=C3)CC1. The Hall–Kier alpha value is -5.28. The van der Waals surface area contributed by atoms with Gasteiger partial charge < -0.3 is 4.57 Å². The molecule has 0 aliphatic heterocycles. The standard InChI is InChI=1S/C40H31N3/c1-3-11-30(12-4-1)36-27-37(42-40(41-36)32-13-5-2-6-14-32)31-21-19-28(20-22-31)29-23-25-33(26-24-29)43-38-17-9-7-15-34(38)35-16-8-10-18-39(35)43/h1-7,10-15,18-27H,8-9,16-17H2. The Bertz CT molecular complexity index is 1920. The van der Waals surface area contributed by atoms with Crippen LogP contribution in [0.15, 0.2) is 127 Å². The second-order valence-electron chi connectivity index (χ2n) is 11.3. The number of aromatic nitrogens is 3. The van der Waals surface area contributed by atoms with Gasteiger partial charge in [0, 0.05) is 33.8 Å². The van der Waals surface area contributed by atoms with E-state index in [1.54, 1.807) is 0 Å². The lowest BCUT2D eigenvalue weighted by atomic mass is 9.96. The van der Waals surface area contributed by atoms with E-state index in [9.17, 15) is 0 Å². The van der Waals surface area contributed by atoms with Gasteiger partial charge in [0.1, 0.15) is 0 Å². The van der Waals surface area contributed by atoms with E-state index in [0.29, 0.717) is 0 Å². The highest BCUT2D eigenvalue weighted by Gasteiger charge is 2.23. The molecule has 8 rings (SSSR count). The number of hydrogen-bond donors (Lipinski definition) is 0. The molecule has 2 heterocycles. The van der Waals surface area contributed by atoms with Crippen molar-refractivity contribution < 1.29 is 0 Å². The zero-order chi connectivity index (χ0) is 28.6. The van der Waals surface area contributed by atoms with Crippen LogP contribution in [0.4, 0.5) is 0 Å². The van der Waals surface area contributed by atoms with Crippen LogP contribution in [0.1, 0.15) is 35.4 Å². The molecule has 0 radical (unpaired) electrons. The Kier molecular flexibility index (Phi) is 6.42. The lowest BCUT2D eigenvalue weighted by molar-refractivity contribution is 0.868. The molecule has 0 spiro atoms. The highest BCUT2D eigenvalue weighted by Crippen LogP contribution is 2.36. The summed E-state index contributed by atoms with van der Waals surface area (Å²) in [6.45, 7) is 0. The third-order valence-corrected chi connectivity index (χ3v) is 8.59. The predicted molar refractivity (Wildman–Crippen MR) is 178 cm³/mol. The average molecular weight is 554 g/mol. The van der Waals surface area contributed by atoms with Crippen molar-refractivity contribution in [2.24, 2.45) is 0 Å². The summed E-state index contributed by atoms with van der Waals surface area (Å²) < 4.78 is 2.49. The predicted octanol–water partition coefficient (Wildman–Crippen LogP) is 9.85. The Morgan fingerprint density at radius 3 is 1.77 bits per heavy atom. The number of allylic oxidation sites excluding steroid dienone is 2. The molecule has 3 heteroatoms. The minimum Gasteiger partial charge on any atom is -0.313 e. The molecule has 2 aromatic heterocycles. The van der Waals surface area contributed by atoms with Gasteiger partial charge >= 0.3 is 0 Å². The van der Waals surface area contributed by atoms with Crippen molar-refractivity contribution in [3.05, 3.63) is 150 Å². The van der Waals surface area contributed by atoms with Gasteiger partial charge in [0.15, 0.2) is 5.82 Å². The molecule has 0 amide bonds. The van der Waals surface area contributed by atoms with Crippen molar-refractivity contribution in [3.8, 4) is 50.7 Å². The van der Waals surface area contributed by atoms with Crippen LogP contribution in [0.5, 0.6) is 0 Å². The van der Waals surface area contributed by atoms with Crippen LogP contribution in [0, 0.1) is 0 Å². The summed E-state index contributed by atoms with van der Waals surface area (Å²) in [5.74, 6) is 0.733. The molecule has 0 saturated heterocycles. The fraction of sp³-hybridized carbons (Fsp3) is 0.100. The maximum atomic E-state index is 4.99. The van der Waals surface area contributed by atoms with Crippen LogP contribution in [0.3, 0.4) is 0 Å². The van der Waals surface area contributed by atoms with Gasteiger partial charge in [0.2, 0.25) is 0 Å². The van der Waals surface area contributed by atoms with E-state index in [2.05, 4.69) is 108 Å². The van der Waals surface area contributed by atoms with Gasteiger partial charge in [-0.15, -0.1) is 0 Å².